The first kappa shape index (κ1) is 14.8. The van der Waals surface area contributed by atoms with Crippen molar-refractivity contribution in [1.29, 1.82) is 0 Å². The first-order valence-electron chi connectivity index (χ1n) is 7.25. The van der Waals surface area contributed by atoms with E-state index in [0.717, 1.165) is 35.4 Å². The smallest absolute Gasteiger partial charge is 0.223 e. The highest BCUT2D eigenvalue weighted by atomic mass is 32.1. The van der Waals surface area contributed by atoms with Crippen molar-refractivity contribution in [2.24, 2.45) is 0 Å². The molecule has 1 aliphatic rings. The predicted octanol–water partition coefficient (Wildman–Crippen LogP) is 3.71. The highest BCUT2D eigenvalue weighted by molar-refractivity contribution is 7.11. The summed E-state index contributed by atoms with van der Waals surface area (Å²) in [5, 5.41) is 17.5. The van der Waals surface area contributed by atoms with E-state index < -0.39 is 5.60 Å². The van der Waals surface area contributed by atoms with E-state index in [0.29, 0.717) is 0 Å². The van der Waals surface area contributed by atoms with Gasteiger partial charge in [-0.25, -0.2) is 0 Å². The number of nitrogens with one attached hydrogen (secondary N) is 1. The molecular weight excluding hydrogens is 302 g/mol. The third-order valence-corrected chi connectivity index (χ3v) is 5.86. The van der Waals surface area contributed by atoms with Crippen LogP contribution in [0, 0.1) is 0 Å². The minimum absolute atomic E-state index is 0.0637. The highest BCUT2D eigenvalue weighted by Gasteiger charge is 2.34. The van der Waals surface area contributed by atoms with Crippen LogP contribution in [0.5, 0.6) is 0 Å². The van der Waals surface area contributed by atoms with Crippen molar-refractivity contribution in [2.75, 3.05) is 0 Å². The molecule has 0 atom stereocenters. The van der Waals surface area contributed by atoms with E-state index in [-0.39, 0.29) is 18.4 Å². The van der Waals surface area contributed by atoms with Gasteiger partial charge in [-0.05, 0) is 35.7 Å². The lowest BCUT2D eigenvalue weighted by Crippen LogP contribution is -2.36. The molecule has 5 heteroatoms. The molecule has 0 aromatic carbocycles. The predicted molar refractivity (Wildman–Crippen MR) is 86.7 cm³/mol. The zero-order valence-electron chi connectivity index (χ0n) is 11.7. The monoisotopic (exact) mass is 321 g/mol. The number of amides is 1. The van der Waals surface area contributed by atoms with Gasteiger partial charge in [0.1, 0.15) is 0 Å². The van der Waals surface area contributed by atoms with E-state index >= 15 is 0 Å². The molecule has 2 N–H and O–H groups in total. The van der Waals surface area contributed by atoms with Gasteiger partial charge in [0.25, 0.3) is 0 Å². The van der Waals surface area contributed by atoms with E-state index in [1.54, 1.807) is 22.7 Å². The van der Waals surface area contributed by atoms with Gasteiger partial charge >= 0.3 is 0 Å². The van der Waals surface area contributed by atoms with Crippen molar-refractivity contribution in [3.63, 3.8) is 0 Å². The Morgan fingerprint density at radius 1 is 1.19 bits per heavy atom. The lowest BCUT2D eigenvalue weighted by molar-refractivity contribution is -0.126. The summed E-state index contributed by atoms with van der Waals surface area (Å²) in [6, 6.07) is 7.98. The lowest BCUT2D eigenvalue weighted by Gasteiger charge is -2.23. The Morgan fingerprint density at radius 2 is 1.76 bits per heavy atom. The van der Waals surface area contributed by atoms with E-state index in [2.05, 4.69) is 5.32 Å². The standard InChI is InChI=1S/C16H19NO2S2/c18-14(11-16(19)7-1-2-8-16)17-15(12-5-3-9-20-12)13-6-4-10-21-13/h3-6,9-10,15,19H,1-2,7-8,11H2,(H,17,18). The second-order valence-corrected chi connectivity index (χ2v) is 7.60. The van der Waals surface area contributed by atoms with Gasteiger partial charge in [0.2, 0.25) is 5.91 Å². The van der Waals surface area contributed by atoms with Gasteiger partial charge in [-0.1, -0.05) is 25.0 Å². The summed E-state index contributed by atoms with van der Waals surface area (Å²) in [7, 11) is 0. The molecule has 0 radical (unpaired) electrons. The van der Waals surface area contributed by atoms with E-state index in [4.69, 9.17) is 0 Å². The van der Waals surface area contributed by atoms with Gasteiger partial charge in [0, 0.05) is 9.75 Å². The average molecular weight is 321 g/mol. The van der Waals surface area contributed by atoms with Crippen LogP contribution < -0.4 is 5.32 Å². The van der Waals surface area contributed by atoms with Crippen molar-refractivity contribution in [2.45, 2.75) is 43.7 Å². The maximum atomic E-state index is 12.3. The molecular formula is C16H19NO2S2. The van der Waals surface area contributed by atoms with Crippen molar-refractivity contribution in [1.82, 2.24) is 5.32 Å². The van der Waals surface area contributed by atoms with Gasteiger partial charge in [-0.3, -0.25) is 4.79 Å². The summed E-state index contributed by atoms with van der Waals surface area (Å²) in [6.45, 7) is 0. The molecule has 0 saturated heterocycles. The van der Waals surface area contributed by atoms with Gasteiger partial charge in [0.05, 0.1) is 18.1 Å². The fraction of sp³-hybridized carbons (Fsp3) is 0.438. The second kappa shape index (κ2) is 6.30. The number of thiophene rings is 2. The van der Waals surface area contributed by atoms with Gasteiger partial charge < -0.3 is 10.4 Å². The van der Waals surface area contributed by atoms with Crippen LogP contribution in [0.25, 0.3) is 0 Å². The number of hydrogen-bond donors (Lipinski definition) is 2. The fourth-order valence-electron chi connectivity index (χ4n) is 2.91. The van der Waals surface area contributed by atoms with E-state index in [9.17, 15) is 9.90 Å². The van der Waals surface area contributed by atoms with E-state index in [1.165, 1.54) is 0 Å². The summed E-state index contributed by atoms with van der Waals surface area (Å²) in [5.74, 6) is -0.0637. The Hall–Kier alpha value is -1.17. The normalized spacial score (nSPS) is 17.2. The van der Waals surface area contributed by atoms with Crippen LogP contribution >= 0.6 is 22.7 Å². The molecule has 0 bridgehead atoms. The minimum atomic E-state index is -0.792. The third kappa shape index (κ3) is 3.54. The van der Waals surface area contributed by atoms with Crippen LogP contribution in [0.1, 0.15) is 47.9 Å². The molecule has 2 heterocycles. The summed E-state index contributed by atoms with van der Waals surface area (Å²) >= 11 is 3.29. The summed E-state index contributed by atoms with van der Waals surface area (Å²) < 4.78 is 0. The maximum absolute atomic E-state index is 12.3. The molecule has 1 fully saturated rings. The van der Waals surface area contributed by atoms with Crippen LogP contribution in [-0.4, -0.2) is 16.6 Å². The highest BCUT2D eigenvalue weighted by Crippen LogP contribution is 2.33. The first-order valence-corrected chi connectivity index (χ1v) is 9.01. The van der Waals surface area contributed by atoms with Gasteiger partial charge in [-0.2, -0.15) is 0 Å². The first-order chi connectivity index (χ1) is 10.2. The topological polar surface area (TPSA) is 49.3 Å². The molecule has 0 aliphatic heterocycles. The number of carbonyl (C=O) groups excluding carboxylic acids is 1. The zero-order valence-corrected chi connectivity index (χ0v) is 13.4. The SMILES string of the molecule is O=C(CC1(O)CCCC1)NC(c1cccs1)c1cccs1. The Kier molecular flexibility index (Phi) is 4.42. The molecule has 0 unspecified atom stereocenters. The van der Waals surface area contributed by atoms with Crippen molar-refractivity contribution in [3.05, 3.63) is 44.8 Å². The van der Waals surface area contributed by atoms with Crippen molar-refractivity contribution in [3.8, 4) is 0 Å². The molecule has 112 valence electrons. The lowest BCUT2D eigenvalue weighted by atomic mass is 9.97. The number of carbonyl (C=O) groups is 1. The summed E-state index contributed by atoms with van der Waals surface area (Å²) in [5.41, 5.74) is -0.792. The fourth-order valence-corrected chi connectivity index (χ4v) is 4.58. The Bertz CT molecular complexity index is 537. The molecule has 2 aromatic heterocycles. The van der Waals surface area contributed by atoms with Gasteiger partial charge in [-0.15, -0.1) is 22.7 Å². The molecule has 2 aromatic rings. The number of rotatable bonds is 5. The molecule has 21 heavy (non-hydrogen) atoms. The molecule has 3 nitrogen and oxygen atoms in total. The van der Waals surface area contributed by atoms with Crippen LogP contribution in [0.4, 0.5) is 0 Å². The van der Waals surface area contributed by atoms with Crippen molar-refractivity contribution < 1.29 is 9.90 Å². The van der Waals surface area contributed by atoms with Gasteiger partial charge in [0.15, 0.2) is 0 Å². The molecule has 1 amide bonds. The van der Waals surface area contributed by atoms with Crippen LogP contribution in [0.3, 0.4) is 0 Å². The number of aliphatic hydroxyl groups is 1. The quantitative estimate of drug-likeness (QED) is 0.882. The Balaban J connectivity index is 1.71. The van der Waals surface area contributed by atoms with Crippen LogP contribution in [0.2, 0.25) is 0 Å². The zero-order chi connectivity index (χ0) is 14.7. The molecule has 1 aliphatic carbocycles. The summed E-state index contributed by atoms with van der Waals surface area (Å²) in [4.78, 5) is 14.6. The minimum Gasteiger partial charge on any atom is -0.389 e. The number of hydrogen-bond acceptors (Lipinski definition) is 4. The van der Waals surface area contributed by atoms with Crippen molar-refractivity contribution >= 4 is 28.6 Å². The Labute approximate surface area is 132 Å². The van der Waals surface area contributed by atoms with Crippen LogP contribution in [0.15, 0.2) is 35.0 Å². The van der Waals surface area contributed by atoms with E-state index in [1.807, 2.05) is 35.0 Å². The molecule has 3 rings (SSSR count). The second-order valence-electron chi connectivity index (χ2n) is 5.64. The average Bonchev–Trinajstić information content (AvgIpc) is 3.19. The largest absolute Gasteiger partial charge is 0.389 e. The molecule has 1 saturated carbocycles. The molecule has 0 spiro atoms. The maximum Gasteiger partial charge on any atom is 0.223 e. The Morgan fingerprint density at radius 3 is 2.24 bits per heavy atom. The summed E-state index contributed by atoms with van der Waals surface area (Å²) in [6.07, 6.45) is 3.72. The third-order valence-electron chi connectivity index (χ3n) is 3.98. The van der Waals surface area contributed by atoms with Crippen LogP contribution in [-0.2, 0) is 4.79 Å².